The summed E-state index contributed by atoms with van der Waals surface area (Å²) in [6, 6.07) is 0. The predicted octanol–water partition coefficient (Wildman–Crippen LogP) is 0.835. The first-order chi connectivity index (χ1) is 6.15. The van der Waals surface area contributed by atoms with Crippen molar-refractivity contribution >= 4 is 5.97 Å². The molecule has 0 spiro atoms. The van der Waals surface area contributed by atoms with Crippen LogP contribution >= 0.6 is 0 Å². The van der Waals surface area contributed by atoms with Crippen molar-refractivity contribution in [1.29, 1.82) is 0 Å². The maximum absolute atomic E-state index is 9.00. The Hall–Kier alpha value is -0.687. The first kappa shape index (κ1) is 37.7. The van der Waals surface area contributed by atoms with Gasteiger partial charge in [-0.2, -0.15) is 0 Å². The van der Waals surface area contributed by atoms with Crippen LogP contribution in [0.5, 0.6) is 0 Å². The second-order valence-electron chi connectivity index (χ2n) is 0.808. The molecule has 0 rings (SSSR count). The summed E-state index contributed by atoms with van der Waals surface area (Å²) in [5.74, 6) is -0.833. The third kappa shape index (κ3) is 2550. The van der Waals surface area contributed by atoms with E-state index in [2.05, 4.69) is 33.8 Å². The molecular formula is C8H9O5Ru+. The summed E-state index contributed by atoms with van der Waals surface area (Å²) >= 11 is 0. The second kappa shape index (κ2) is 144. The van der Waals surface area contributed by atoms with Gasteiger partial charge in [0, 0.05) is 6.92 Å². The van der Waals surface area contributed by atoms with E-state index in [0.717, 1.165) is 6.92 Å². The zero-order chi connectivity index (χ0) is 12.3. The van der Waals surface area contributed by atoms with Gasteiger partial charge in [-0.15, -0.1) is 0 Å². The summed E-state index contributed by atoms with van der Waals surface area (Å²) in [5, 5.41) is 7.42. The molecule has 14 heavy (non-hydrogen) atoms. The van der Waals surface area contributed by atoms with Crippen molar-refractivity contribution in [1.82, 2.24) is 0 Å². The van der Waals surface area contributed by atoms with Gasteiger partial charge in [-0.3, -0.25) is 4.79 Å². The first-order valence-corrected chi connectivity index (χ1v) is 2.36. The molecule has 0 amide bonds. The van der Waals surface area contributed by atoms with Gasteiger partial charge in [0.05, 0.1) is 0 Å². The molecule has 0 aliphatic heterocycles. The third-order valence-corrected chi connectivity index (χ3v) is 0. The van der Waals surface area contributed by atoms with E-state index in [-0.39, 0.29) is 19.5 Å². The summed E-state index contributed by atoms with van der Waals surface area (Å²) in [6.07, 6.45) is 1.50. The van der Waals surface area contributed by atoms with Crippen LogP contribution in [0.3, 0.4) is 0 Å². The monoisotopic (exact) mass is 287 g/mol. The van der Waals surface area contributed by atoms with Crippen molar-refractivity contribution in [2.75, 3.05) is 0 Å². The molecule has 0 unspecified atom stereocenters. The first-order valence-electron chi connectivity index (χ1n) is 2.36. The number of carboxylic acid groups (broad SMARTS) is 1. The topological polar surface area (TPSA) is 97.0 Å². The SMILES string of the molecule is CC(=O)O.[C-]#[O+].[C-]#[O+].[C-]#[O+].[CH2][CH][CH2].[Ru+]. The van der Waals surface area contributed by atoms with Crippen molar-refractivity contribution in [2.45, 2.75) is 6.92 Å². The van der Waals surface area contributed by atoms with E-state index in [4.69, 9.17) is 23.9 Å². The largest absolute Gasteiger partial charge is 1.00 e. The molecule has 0 aliphatic carbocycles. The van der Waals surface area contributed by atoms with E-state index < -0.39 is 5.97 Å². The van der Waals surface area contributed by atoms with Gasteiger partial charge in [-0.05, 0) is 20.3 Å². The molecule has 0 saturated heterocycles. The van der Waals surface area contributed by atoms with Crippen LogP contribution in [-0.2, 0) is 38.2 Å². The Morgan fingerprint density at radius 3 is 1.14 bits per heavy atom. The van der Waals surface area contributed by atoms with Crippen LogP contribution < -0.4 is 0 Å². The van der Waals surface area contributed by atoms with Crippen LogP contribution in [0, 0.1) is 40.2 Å². The molecular weight excluding hydrogens is 277 g/mol. The molecule has 78 valence electrons. The molecule has 0 aromatic rings. The minimum absolute atomic E-state index is 0. The molecule has 5 nitrogen and oxygen atoms in total. The van der Waals surface area contributed by atoms with Gasteiger partial charge in [0.25, 0.3) is 5.97 Å². The number of rotatable bonds is 0. The Kier molecular flexibility index (Phi) is 387. The minimum atomic E-state index is -0.833. The average Bonchev–Trinajstić information content (AvgIpc) is 2.14. The fourth-order valence-corrected chi connectivity index (χ4v) is 0. The minimum Gasteiger partial charge on any atom is -0.0499 e. The number of carbonyl (C=O) groups is 1. The zero-order valence-electron chi connectivity index (χ0n) is 7.43. The molecule has 0 atom stereocenters. The summed E-state index contributed by atoms with van der Waals surface area (Å²) in [4.78, 5) is 9.00. The van der Waals surface area contributed by atoms with Crippen LogP contribution in [-0.4, -0.2) is 11.1 Å². The Morgan fingerprint density at radius 2 is 1.14 bits per heavy atom. The van der Waals surface area contributed by atoms with Crippen molar-refractivity contribution in [3.63, 3.8) is 0 Å². The molecule has 0 aromatic carbocycles. The van der Waals surface area contributed by atoms with Crippen molar-refractivity contribution in [3.05, 3.63) is 40.2 Å². The summed E-state index contributed by atoms with van der Waals surface area (Å²) < 4.78 is 22.5. The summed E-state index contributed by atoms with van der Waals surface area (Å²) in [5.41, 5.74) is 0. The second-order valence-corrected chi connectivity index (χ2v) is 0.808. The van der Waals surface area contributed by atoms with Crippen LogP contribution in [0.15, 0.2) is 0 Å². The van der Waals surface area contributed by atoms with Gasteiger partial charge in [0.2, 0.25) is 0 Å². The van der Waals surface area contributed by atoms with Crippen molar-refractivity contribution in [3.8, 4) is 0 Å². The smallest absolute Gasteiger partial charge is 0.0499 e. The van der Waals surface area contributed by atoms with E-state index in [1.807, 2.05) is 0 Å². The Balaban J connectivity index is -0.0000000146. The number of aliphatic carboxylic acids is 1. The van der Waals surface area contributed by atoms with Crippen LogP contribution in [0.2, 0.25) is 0 Å². The average molecular weight is 286 g/mol. The van der Waals surface area contributed by atoms with Gasteiger partial charge in [0.15, 0.2) is 0 Å². The standard InChI is InChI=1S/C3H5.C2H4O2.3CO.Ru/c1-3-2;1-2(3)4;3*1-2;/h3H,1-2H2;1H3,(H,3,4);;;;/q;;;;;+1. The Morgan fingerprint density at radius 1 is 1.14 bits per heavy atom. The number of hydrogen-bond acceptors (Lipinski definition) is 1. The van der Waals surface area contributed by atoms with E-state index in [1.165, 1.54) is 6.42 Å². The molecule has 0 fully saturated rings. The number of hydrogen-bond donors (Lipinski definition) is 1. The fraction of sp³-hybridized carbons (Fsp3) is 0.125. The van der Waals surface area contributed by atoms with E-state index in [1.54, 1.807) is 0 Å². The van der Waals surface area contributed by atoms with Gasteiger partial charge in [-0.1, -0.05) is 0 Å². The fourth-order valence-electron chi connectivity index (χ4n) is 0. The van der Waals surface area contributed by atoms with E-state index >= 15 is 0 Å². The van der Waals surface area contributed by atoms with Crippen LogP contribution in [0.1, 0.15) is 6.92 Å². The van der Waals surface area contributed by atoms with Crippen molar-refractivity contribution in [2.24, 2.45) is 0 Å². The quantitative estimate of drug-likeness (QED) is 0.405. The van der Waals surface area contributed by atoms with Gasteiger partial charge in [0.1, 0.15) is 0 Å². The van der Waals surface area contributed by atoms with Gasteiger partial charge < -0.3 is 5.11 Å². The maximum Gasteiger partial charge on any atom is 1.00 e. The van der Waals surface area contributed by atoms with Crippen molar-refractivity contribution < 1.29 is 43.3 Å². The molecule has 0 aromatic heterocycles. The Bertz CT molecular complexity index is 109. The molecule has 1 N–H and O–H groups in total. The summed E-state index contributed by atoms with van der Waals surface area (Å²) in [6.45, 7) is 21.1. The number of carboxylic acids is 1. The normalized spacial score (nSPS) is 3.50. The zero-order valence-corrected chi connectivity index (χ0v) is 9.16. The predicted molar refractivity (Wildman–Crippen MR) is 40.1 cm³/mol. The third-order valence-electron chi connectivity index (χ3n) is 0. The molecule has 0 heterocycles. The summed E-state index contributed by atoms with van der Waals surface area (Å²) in [7, 11) is 0. The molecule has 4 radical (unpaired) electrons. The molecule has 6 heteroatoms. The maximum atomic E-state index is 9.00. The molecule has 0 saturated carbocycles. The van der Waals surface area contributed by atoms with Crippen LogP contribution in [0.25, 0.3) is 0 Å². The Labute approximate surface area is 96.8 Å². The van der Waals surface area contributed by atoms with E-state index in [0.29, 0.717) is 0 Å². The van der Waals surface area contributed by atoms with Gasteiger partial charge in [-0.25, -0.2) is 0 Å². The van der Waals surface area contributed by atoms with Gasteiger partial charge >= 0.3 is 53.4 Å². The van der Waals surface area contributed by atoms with E-state index in [9.17, 15) is 0 Å². The van der Waals surface area contributed by atoms with Crippen LogP contribution in [0.4, 0.5) is 0 Å². The molecule has 0 aliphatic rings. The molecule has 0 bridgehead atoms.